The zero-order valence-corrected chi connectivity index (χ0v) is 23.5. The highest BCUT2D eigenvalue weighted by atomic mass is 19.2. The number of benzene rings is 2. The zero-order chi connectivity index (χ0) is 28.3. The molecule has 2 aliphatic rings. The van der Waals surface area contributed by atoms with Crippen LogP contribution in [0.4, 0.5) is 14.6 Å². The van der Waals surface area contributed by atoms with Crippen LogP contribution in [0.15, 0.2) is 59.8 Å². The van der Waals surface area contributed by atoms with Crippen LogP contribution in [0.25, 0.3) is 11.3 Å². The van der Waals surface area contributed by atoms with E-state index in [2.05, 4.69) is 24.1 Å². The molecule has 1 saturated carbocycles. The number of hydrogen-bond donors (Lipinski definition) is 1. The second-order valence-corrected chi connectivity index (χ2v) is 11.7. The Morgan fingerprint density at radius 3 is 2.60 bits per heavy atom. The first-order chi connectivity index (χ1) is 19.2. The van der Waals surface area contributed by atoms with Crippen LogP contribution in [0.3, 0.4) is 0 Å². The van der Waals surface area contributed by atoms with E-state index in [9.17, 15) is 13.6 Å². The number of anilines is 1. The van der Waals surface area contributed by atoms with Gasteiger partial charge in [-0.05, 0) is 112 Å². The average Bonchev–Trinajstić information content (AvgIpc) is 3.05. The second kappa shape index (κ2) is 11.9. The van der Waals surface area contributed by atoms with E-state index in [1.165, 1.54) is 24.5 Å². The van der Waals surface area contributed by atoms with Gasteiger partial charge in [-0.2, -0.15) is 0 Å². The molecule has 2 bridgehead atoms. The monoisotopic (exact) mass is 545 g/mol. The van der Waals surface area contributed by atoms with Crippen LogP contribution in [0.5, 0.6) is 5.75 Å². The van der Waals surface area contributed by atoms with Crippen molar-refractivity contribution in [2.24, 2.45) is 11.3 Å². The highest BCUT2D eigenvalue weighted by Crippen LogP contribution is 2.48. The molecular formula is C33H37F2N3O2. The molecule has 40 heavy (non-hydrogen) atoms. The highest BCUT2D eigenvalue weighted by molar-refractivity contribution is 5.92. The molecule has 0 saturated heterocycles. The molecule has 1 amide bonds. The largest absolute Gasteiger partial charge is 0.497 e. The van der Waals surface area contributed by atoms with Crippen molar-refractivity contribution < 1.29 is 18.3 Å². The topological polar surface area (TPSA) is 64.1 Å². The first-order valence-corrected chi connectivity index (χ1v) is 14.2. The van der Waals surface area contributed by atoms with E-state index < -0.39 is 11.6 Å². The quantitative estimate of drug-likeness (QED) is 0.307. The minimum Gasteiger partial charge on any atom is -0.497 e. The van der Waals surface area contributed by atoms with Crippen LogP contribution in [-0.4, -0.2) is 23.0 Å². The molecule has 1 heterocycles. The van der Waals surface area contributed by atoms with E-state index in [4.69, 9.17) is 9.72 Å². The van der Waals surface area contributed by atoms with Gasteiger partial charge in [-0.3, -0.25) is 4.79 Å². The van der Waals surface area contributed by atoms with E-state index in [-0.39, 0.29) is 17.7 Å². The van der Waals surface area contributed by atoms with Crippen LogP contribution in [-0.2, 0) is 17.6 Å². The molecule has 5 rings (SSSR count). The zero-order valence-electron chi connectivity index (χ0n) is 23.5. The normalized spacial score (nSPS) is 21.0. The molecule has 0 aliphatic heterocycles. The fraction of sp³-hybridized carbons (Fsp3) is 0.424. The number of carbonyl (C=O) groups excluding carboxylic acids is 1. The Hall–Kier alpha value is -3.61. The number of methoxy groups -OCH3 is 1. The van der Waals surface area contributed by atoms with Gasteiger partial charge in [0.05, 0.1) is 31.1 Å². The van der Waals surface area contributed by atoms with Gasteiger partial charge in [0.15, 0.2) is 17.5 Å². The summed E-state index contributed by atoms with van der Waals surface area (Å²) in [5, 5.41) is 2.94. The predicted octanol–water partition coefficient (Wildman–Crippen LogP) is 7.85. The Labute approximate surface area is 235 Å². The lowest BCUT2D eigenvalue weighted by Crippen LogP contribution is -2.27. The van der Waals surface area contributed by atoms with Crippen molar-refractivity contribution in [3.63, 3.8) is 0 Å². The maximum absolute atomic E-state index is 13.7. The van der Waals surface area contributed by atoms with E-state index in [0.29, 0.717) is 17.3 Å². The van der Waals surface area contributed by atoms with Gasteiger partial charge < -0.3 is 10.1 Å². The van der Waals surface area contributed by atoms with Gasteiger partial charge in [0, 0.05) is 5.56 Å². The number of fused-ring (bicyclic) bond motifs is 3. The van der Waals surface area contributed by atoms with Crippen molar-refractivity contribution in [3.05, 3.63) is 82.7 Å². The summed E-state index contributed by atoms with van der Waals surface area (Å²) in [4.78, 5) is 22.8. The molecule has 2 unspecified atom stereocenters. The maximum Gasteiger partial charge on any atom is 0.229 e. The summed E-state index contributed by atoms with van der Waals surface area (Å²) in [5.74, 6) is -0.404. The standard InChI is InChI=1S/C33H37F2N3O2/c1-21-10-13-33(14-11-22(2)25(16-21)12-15-33)19-29-32(38-31(39)18-23-4-9-27(34)28(35)17-23)36-20-30(37-29)24-5-7-26(40-3)8-6-24/h4-9,17,20-21H,10-16,18-19H2,1-3H3,(H,36,38,39). The number of carbonyl (C=O) groups is 1. The van der Waals surface area contributed by atoms with E-state index in [0.717, 1.165) is 73.4 Å². The number of amides is 1. The fourth-order valence-corrected chi connectivity index (χ4v) is 6.17. The van der Waals surface area contributed by atoms with E-state index in [1.54, 1.807) is 18.9 Å². The summed E-state index contributed by atoms with van der Waals surface area (Å²) in [6.07, 6.45) is 10.2. The third-order valence-electron chi connectivity index (χ3n) is 8.73. The molecule has 2 aromatic carbocycles. The fourth-order valence-electron chi connectivity index (χ4n) is 6.17. The highest BCUT2D eigenvalue weighted by Gasteiger charge is 2.36. The third-order valence-corrected chi connectivity index (χ3v) is 8.73. The number of allylic oxidation sites excluding steroid dienone is 2. The third kappa shape index (κ3) is 6.40. The molecule has 2 atom stereocenters. The Morgan fingerprint density at radius 1 is 1.07 bits per heavy atom. The Bertz CT molecular complexity index is 1420. The smallest absolute Gasteiger partial charge is 0.229 e. The Balaban J connectivity index is 1.46. The van der Waals surface area contributed by atoms with Gasteiger partial charge in [-0.15, -0.1) is 0 Å². The van der Waals surface area contributed by atoms with Crippen LogP contribution in [0.1, 0.15) is 70.1 Å². The molecule has 0 spiro atoms. The summed E-state index contributed by atoms with van der Waals surface area (Å²) >= 11 is 0. The second-order valence-electron chi connectivity index (χ2n) is 11.7. The number of ether oxygens (including phenoxy) is 1. The summed E-state index contributed by atoms with van der Waals surface area (Å²) in [5.41, 5.74) is 6.03. The van der Waals surface area contributed by atoms with Crippen LogP contribution < -0.4 is 10.1 Å². The number of halogens is 2. The summed E-state index contributed by atoms with van der Waals surface area (Å²) < 4.78 is 32.4. The summed E-state index contributed by atoms with van der Waals surface area (Å²) in [6, 6.07) is 11.2. The van der Waals surface area contributed by atoms with Gasteiger partial charge in [-0.25, -0.2) is 18.7 Å². The first-order valence-electron chi connectivity index (χ1n) is 14.2. The Kier molecular flexibility index (Phi) is 8.29. The number of aromatic nitrogens is 2. The van der Waals surface area contributed by atoms with Crippen molar-refractivity contribution in [1.29, 1.82) is 0 Å². The van der Waals surface area contributed by atoms with Gasteiger partial charge in [-0.1, -0.05) is 24.1 Å². The first kappa shape index (κ1) is 27.9. The molecule has 1 N–H and O–H groups in total. The molecule has 1 fully saturated rings. The van der Waals surface area contributed by atoms with Crippen molar-refractivity contribution in [2.75, 3.05) is 12.4 Å². The van der Waals surface area contributed by atoms with Gasteiger partial charge in [0.2, 0.25) is 5.91 Å². The summed E-state index contributed by atoms with van der Waals surface area (Å²) in [7, 11) is 1.63. The predicted molar refractivity (Wildman–Crippen MR) is 153 cm³/mol. The molecule has 7 heteroatoms. The van der Waals surface area contributed by atoms with Gasteiger partial charge in [0.25, 0.3) is 0 Å². The SMILES string of the molecule is COc1ccc(-c2cnc(NC(=O)Cc3ccc(F)c(F)c3)c(CC34CCC(C)=C(CC3)CC(C)CC4)n2)cc1. The molecule has 1 aromatic heterocycles. The molecule has 5 nitrogen and oxygen atoms in total. The molecule has 0 radical (unpaired) electrons. The van der Waals surface area contributed by atoms with Gasteiger partial charge >= 0.3 is 0 Å². The number of rotatable bonds is 7. The van der Waals surface area contributed by atoms with E-state index in [1.807, 2.05) is 24.3 Å². The lowest BCUT2D eigenvalue weighted by molar-refractivity contribution is -0.115. The lowest BCUT2D eigenvalue weighted by Gasteiger charge is -2.36. The van der Waals surface area contributed by atoms with Crippen LogP contribution in [0.2, 0.25) is 0 Å². The van der Waals surface area contributed by atoms with Crippen molar-refractivity contribution in [2.45, 2.75) is 71.6 Å². The average molecular weight is 546 g/mol. The van der Waals surface area contributed by atoms with Crippen molar-refractivity contribution in [3.8, 4) is 17.0 Å². The minimum absolute atomic E-state index is 0.0739. The maximum atomic E-state index is 13.7. The van der Waals surface area contributed by atoms with Gasteiger partial charge in [0.1, 0.15) is 5.75 Å². The molecule has 210 valence electrons. The number of nitrogens with zero attached hydrogens (tertiary/aromatic N) is 2. The van der Waals surface area contributed by atoms with E-state index >= 15 is 0 Å². The Morgan fingerprint density at radius 2 is 1.85 bits per heavy atom. The summed E-state index contributed by atoms with van der Waals surface area (Å²) in [6.45, 7) is 4.64. The van der Waals surface area contributed by atoms with Crippen LogP contribution in [0, 0.1) is 23.0 Å². The molecule has 2 aliphatic carbocycles. The lowest BCUT2D eigenvalue weighted by atomic mass is 9.70. The van der Waals surface area contributed by atoms with Crippen molar-refractivity contribution in [1.82, 2.24) is 9.97 Å². The van der Waals surface area contributed by atoms with Crippen LogP contribution >= 0.6 is 0 Å². The molecule has 3 aromatic rings. The molecular weight excluding hydrogens is 508 g/mol. The van der Waals surface area contributed by atoms with Crippen molar-refractivity contribution >= 4 is 11.7 Å². The number of hydrogen-bond acceptors (Lipinski definition) is 4. The minimum atomic E-state index is -0.969. The number of nitrogens with one attached hydrogen (secondary N) is 1.